The Hall–Kier alpha value is -3.19. The van der Waals surface area contributed by atoms with Crippen molar-refractivity contribution in [2.45, 2.75) is 45.7 Å². The van der Waals surface area contributed by atoms with Gasteiger partial charge in [-0.3, -0.25) is 4.79 Å². The molecule has 2 heterocycles. The van der Waals surface area contributed by atoms with E-state index in [2.05, 4.69) is 29.5 Å². The summed E-state index contributed by atoms with van der Waals surface area (Å²) in [6.07, 6.45) is 4.66. The maximum atomic E-state index is 13.9. The van der Waals surface area contributed by atoms with Gasteiger partial charge in [-0.05, 0) is 29.3 Å². The van der Waals surface area contributed by atoms with Gasteiger partial charge < -0.3 is 18.9 Å². The van der Waals surface area contributed by atoms with Crippen LogP contribution in [0.25, 0.3) is 0 Å². The van der Waals surface area contributed by atoms with Crippen LogP contribution in [0.5, 0.6) is 5.75 Å². The third-order valence-electron chi connectivity index (χ3n) is 5.96. The molecule has 0 N–H and O–H groups in total. The van der Waals surface area contributed by atoms with E-state index in [1.54, 1.807) is 12.3 Å². The molecule has 3 aromatic rings. The molecule has 4 rings (SSSR count). The van der Waals surface area contributed by atoms with Crippen molar-refractivity contribution < 1.29 is 18.7 Å². The number of ether oxygens (including phenoxy) is 2. The molecule has 0 radical (unpaired) electrons. The molecule has 0 saturated carbocycles. The van der Waals surface area contributed by atoms with Gasteiger partial charge in [0.15, 0.2) is 0 Å². The fourth-order valence-electron chi connectivity index (χ4n) is 4.27. The van der Waals surface area contributed by atoms with Crippen LogP contribution in [-0.4, -0.2) is 46.7 Å². The number of imidazole rings is 1. The van der Waals surface area contributed by atoms with Gasteiger partial charge in [-0.1, -0.05) is 38.1 Å². The predicted molar refractivity (Wildman–Crippen MR) is 128 cm³/mol. The molecule has 180 valence electrons. The standard InChI is InChI=1S/C27H32FN3O3/c1-20(2)27-29-9-11-30(27)10-8-26(32)31-12-13-33-14-15-34-25-7-6-24(28)18-23(25)17-21-4-3-5-22(16-21)19-31/h3-7,9,11,16,18,20H,8,10,12-15,17,19H2,1-2H3. The molecule has 2 aromatic carbocycles. The van der Waals surface area contributed by atoms with Gasteiger partial charge in [0.2, 0.25) is 5.91 Å². The minimum Gasteiger partial charge on any atom is -0.491 e. The normalized spacial score (nSPS) is 14.9. The molecule has 7 heteroatoms. The number of carbonyl (C=O) groups is 1. The van der Waals surface area contributed by atoms with Gasteiger partial charge in [0.1, 0.15) is 24.0 Å². The van der Waals surface area contributed by atoms with Crippen LogP contribution in [-0.2, 0) is 29.0 Å². The van der Waals surface area contributed by atoms with Crippen molar-refractivity contribution in [2.75, 3.05) is 26.4 Å². The molecular formula is C27H32FN3O3. The second-order valence-electron chi connectivity index (χ2n) is 8.91. The van der Waals surface area contributed by atoms with Crippen LogP contribution in [0.1, 0.15) is 48.7 Å². The Morgan fingerprint density at radius 2 is 1.97 bits per heavy atom. The first-order valence-corrected chi connectivity index (χ1v) is 11.8. The number of aryl methyl sites for hydroxylation is 1. The van der Waals surface area contributed by atoms with Crippen LogP contribution in [0, 0.1) is 5.82 Å². The monoisotopic (exact) mass is 465 g/mol. The summed E-state index contributed by atoms with van der Waals surface area (Å²) in [4.78, 5) is 19.4. The molecule has 1 amide bonds. The van der Waals surface area contributed by atoms with E-state index in [0.717, 1.165) is 22.5 Å². The molecule has 2 bridgehead atoms. The molecule has 0 unspecified atom stereocenters. The Morgan fingerprint density at radius 3 is 2.82 bits per heavy atom. The highest BCUT2D eigenvalue weighted by Gasteiger charge is 2.17. The number of nitrogens with zero attached hydrogens (tertiary/aromatic N) is 3. The maximum Gasteiger partial charge on any atom is 0.224 e. The summed E-state index contributed by atoms with van der Waals surface area (Å²) in [6, 6.07) is 12.7. The van der Waals surface area contributed by atoms with Crippen LogP contribution in [0.2, 0.25) is 0 Å². The Balaban J connectivity index is 1.50. The Labute approximate surface area is 200 Å². The number of halogens is 1. The third-order valence-corrected chi connectivity index (χ3v) is 5.96. The second kappa shape index (κ2) is 11.3. The van der Waals surface area contributed by atoms with E-state index >= 15 is 0 Å². The Kier molecular flexibility index (Phi) is 7.95. The highest BCUT2D eigenvalue weighted by Crippen LogP contribution is 2.24. The topological polar surface area (TPSA) is 56.6 Å². The molecule has 1 aliphatic heterocycles. The highest BCUT2D eigenvalue weighted by atomic mass is 19.1. The molecule has 0 fully saturated rings. The van der Waals surface area contributed by atoms with E-state index in [9.17, 15) is 9.18 Å². The van der Waals surface area contributed by atoms with Crippen LogP contribution >= 0.6 is 0 Å². The van der Waals surface area contributed by atoms with Gasteiger partial charge in [-0.15, -0.1) is 0 Å². The molecule has 0 spiro atoms. The first-order chi connectivity index (χ1) is 16.5. The number of benzene rings is 2. The van der Waals surface area contributed by atoms with Crippen molar-refractivity contribution in [3.8, 4) is 5.75 Å². The lowest BCUT2D eigenvalue weighted by atomic mass is 10.0. The molecule has 34 heavy (non-hydrogen) atoms. The van der Waals surface area contributed by atoms with E-state index in [0.29, 0.717) is 64.0 Å². The van der Waals surface area contributed by atoms with E-state index < -0.39 is 0 Å². The number of rotatable bonds is 4. The van der Waals surface area contributed by atoms with Gasteiger partial charge in [0.25, 0.3) is 0 Å². The Morgan fingerprint density at radius 1 is 1.12 bits per heavy atom. The van der Waals surface area contributed by atoms with Crippen LogP contribution < -0.4 is 4.74 Å². The predicted octanol–water partition coefficient (Wildman–Crippen LogP) is 4.56. The van der Waals surface area contributed by atoms with Crippen molar-refractivity contribution in [2.24, 2.45) is 0 Å². The molecule has 0 saturated heterocycles. The first-order valence-electron chi connectivity index (χ1n) is 11.8. The summed E-state index contributed by atoms with van der Waals surface area (Å²) in [7, 11) is 0. The van der Waals surface area contributed by atoms with Gasteiger partial charge in [0.05, 0.1) is 13.2 Å². The molecule has 6 nitrogen and oxygen atoms in total. The van der Waals surface area contributed by atoms with Crippen molar-refractivity contribution in [3.05, 3.63) is 83.2 Å². The zero-order valence-electron chi connectivity index (χ0n) is 19.9. The molecule has 0 aliphatic carbocycles. The number of hydrogen-bond donors (Lipinski definition) is 0. The minimum absolute atomic E-state index is 0.0770. The zero-order chi connectivity index (χ0) is 23.9. The zero-order valence-corrected chi connectivity index (χ0v) is 19.9. The largest absolute Gasteiger partial charge is 0.491 e. The van der Waals surface area contributed by atoms with Gasteiger partial charge in [-0.25, -0.2) is 9.37 Å². The first kappa shape index (κ1) is 24.0. The summed E-state index contributed by atoms with van der Waals surface area (Å²) < 4.78 is 27.6. The summed E-state index contributed by atoms with van der Waals surface area (Å²) in [5.41, 5.74) is 2.88. The van der Waals surface area contributed by atoms with E-state index in [4.69, 9.17) is 9.47 Å². The molecular weight excluding hydrogens is 433 g/mol. The molecule has 1 aliphatic rings. The lowest BCUT2D eigenvalue weighted by Crippen LogP contribution is -2.34. The SMILES string of the molecule is CC(C)c1nccn1CCC(=O)N1CCOCCOc2ccc(F)cc2Cc2cccc(c2)C1. The number of aromatic nitrogens is 2. The quantitative estimate of drug-likeness (QED) is 0.567. The number of hydrogen-bond acceptors (Lipinski definition) is 4. The number of carbonyl (C=O) groups excluding carboxylic acids is 1. The fraction of sp³-hybridized carbons (Fsp3) is 0.407. The van der Waals surface area contributed by atoms with E-state index in [1.807, 2.05) is 29.3 Å². The lowest BCUT2D eigenvalue weighted by Gasteiger charge is -2.24. The summed E-state index contributed by atoms with van der Waals surface area (Å²) >= 11 is 0. The van der Waals surface area contributed by atoms with E-state index in [-0.39, 0.29) is 11.7 Å². The van der Waals surface area contributed by atoms with Crippen LogP contribution in [0.4, 0.5) is 4.39 Å². The maximum absolute atomic E-state index is 13.9. The lowest BCUT2D eigenvalue weighted by molar-refractivity contribution is -0.132. The molecule has 1 aromatic heterocycles. The smallest absolute Gasteiger partial charge is 0.224 e. The van der Waals surface area contributed by atoms with Gasteiger partial charge in [-0.2, -0.15) is 0 Å². The van der Waals surface area contributed by atoms with Crippen molar-refractivity contribution in [1.82, 2.24) is 14.5 Å². The van der Waals surface area contributed by atoms with Gasteiger partial charge in [0, 0.05) is 56.4 Å². The third kappa shape index (κ3) is 6.23. The van der Waals surface area contributed by atoms with Crippen LogP contribution in [0.15, 0.2) is 54.9 Å². The fourth-order valence-corrected chi connectivity index (χ4v) is 4.27. The summed E-state index contributed by atoms with van der Waals surface area (Å²) in [5, 5.41) is 0. The number of fused-ring (bicyclic) bond motifs is 3. The summed E-state index contributed by atoms with van der Waals surface area (Å²) in [6.45, 7) is 7.00. The van der Waals surface area contributed by atoms with Crippen molar-refractivity contribution >= 4 is 5.91 Å². The van der Waals surface area contributed by atoms with Crippen molar-refractivity contribution in [1.29, 1.82) is 0 Å². The molecule has 0 atom stereocenters. The van der Waals surface area contributed by atoms with Crippen LogP contribution in [0.3, 0.4) is 0 Å². The van der Waals surface area contributed by atoms with Crippen molar-refractivity contribution in [3.63, 3.8) is 0 Å². The number of amides is 1. The summed E-state index contributed by atoms with van der Waals surface area (Å²) in [5.74, 6) is 1.75. The average Bonchev–Trinajstić information content (AvgIpc) is 3.29. The highest BCUT2D eigenvalue weighted by molar-refractivity contribution is 5.76. The minimum atomic E-state index is -0.286. The van der Waals surface area contributed by atoms with E-state index in [1.165, 1.54) is 12.1 Å². The second-order valence-corrected chi connectivity index (χ2v) is 8.91. The van der Waals surface area contributed by atoms with Gasteiger partial charge >= 0.3 is 0 Å². The average molecular weight is 466 g/mol. The Bertz CT molecular complexity index is 1110.